The Morgan fingerprint density at radius 3 is 2.19 bits per heavy atom. The van der Waals surface area contributed by atoms with E-state index in [1.54, 1.807) is 7.11 Å². The first-order valence-corrected chi connectivity index (χ1v) is 9.38. The topological polar surface area (TPSA) is 36.9 Å². The van der Waals surface area contributed by atoms with Gasteiger partial charge in [-0.15, -0.1) is 6.58 Å². The highest BCUT2D eigenvalue weighted by Gasteiger charge is 2.45. The predicted molar refractivity (Wildman–Crippen MR) is 105 cm³/mol. The van der Waals surface area contributed by atoms with Gasteiger partial charge in [0.1, 0.15) is 6.10 Å². The van der Waals surface area contributed by atoms with Gasteiger partial charge in [-0.05, 0) is 17.5 Å². The van der Waals surface area contributed by atoms with Crippen LogP contribution in [0.3, 0.4) is 0 Å². The fraction of sp³-hybridized carbons (Fsp3) is 0.391. The quantitative estimate of drug-likeness (QED) is 0.584. The summed E-state index contributed by atoms with van der Waals surface area (Å²) in [6, 6.07) is 20.3. The van der Waals surface area contributed by atoms with E-state index in [-0.39, 0.29) is 24.4 Å². The van der Waals surface area contributed by atoms with Crippen LogP contribution in [0.1, 0.15) is 17.5 Å². The maximum Gasteiger partial charge on any atom is 0.163 e. The Bertz CT molecular complexity index is 673. The van der Waals surface area contributed by atoms with Gasteiger partial charge in [-0.25, -0.2) is 0 Å². The first-order valence-electron chi connectivity index (χ1n) is 9.38. The summed E-state index contributed by atoms with van der Waals surface area (Å²) in [7, 11) is 1.67. The number of rotatable bonds is 10. The van der Waals surface area contributed by atoms with Crippen LogP contribution in [0.4, 0.5) is 0 Å². The molecule has 3 rings (SSSR count). The van der Waals surface area contributed by atoms with E-state index in [4.69, 9.17) is 18.9 Å². The van der Waals surface area contributed by atoms with Gasteiger partial charge in [-0.3, -0.25) is 0 Å². The molecule has 27 heavy (non-hydrogen) atoms. The summed E-state index contributed by atoms with van der Waals surface area (Å²) in [4.78, 5) is 0. The average molecular weight is 368 g/mol. The molecular formula is C23H28O4. The molecule has 1 aliphatic heterocycles. The second-order valence-electron chi connectivity index (χ2n) is 6.73. The van der Waals surface area contributed by atoms with E-state index in [0.717, 1.165) is 17.5 Å². The zero-order valence-corrected chi connectivity index (χ0v) is 15.8. The average Bonchev–Trinajstić information content (AvgIpc) is 3.05. The van der Waals surface area contributed by atoms with E-state index in [2.05, 4.69) is 30.8 Å². The van der Waals surface area contributed by atoms with Crippen molar-refractivity contribution in [3.8, 4) is 0 Å². The largest absolute Gasteiger partial charge is 0.374 e. The summed E-state index contributed by atoms with van der Waals surface area (Å²) < 4.78 is 23.8. The lowest BCUT2D eigenvalue weighted by molar-refractivity contribution is -0.145. The first kappa shape index (κ1) is 19.8. The number of benzene rings is 2. The van der Waals surface area contributed by atoms with Crippen LogP contribution in [0.2, 0.25) is 0 Å². The maximum absolute atomic E-state index is 6.27. The fourth-order valence-electron chi connectivity index (χ4n) is 3.45. The number of ether oxygens (including phenoxy) is 4. The van der Waals surface area contributed by atoms with Crippen LogP contribution >= 0.6 is 0 Å². The SMILES string of the molecule is C=CC[C@H]1[C@@H](OC)O[C@H](COCc2ccccc2)[C@@H]1OCc1ccccc1. The molecule has 2 aromatic carbocycles. The minimum absolute atomic E-state index is 0.0986. The molecule has 1 aliphatic rings. The molecular weight excluding hydrogens is 340 g/mol. The highest BCUT2D eigenvalue weighted by atomic mass is 16.7. The summed E-state index contributed by atoms with van der Waals surface area (Å²) >= 11 is 0. The second kappa shape index (κ2) is 10.4. The van der Waals surface area contributed by atoms with Crippen molar-refractivity contribution in [2.24, 2.45) is 5.92 Å². The smallest absolute Gasteiger partial charge is 0.163 e. The minimum Gasteiger partial charge on any atom is -0.374 e. The van der Waals surface area contributed by atoms with Crippen molar-refractivity contribution in [1.29, 1.82) is 0 Å². The Morgan fingerprint density at radius 1 is 0.963 bits per heavy atom. The summed E-state index contributed by atoms with van der Waals surface area (Å²) in [6.07, 6.45) is 2.07. The molecule has 2 aromatic rings. The van der Waals surface area contributed by atoms with Crippen molar-refractivity contribution in [1.82, 2.24) is 0 Å². The van der Waals surface area contributed by atoms with Crippen LogP contribution in [0.5, 0.6) is 0 Å². The van der Waals surface area contributed by atoms with Gasteiger partial charge in [0.2, 0.25) is 0 Å². The molecule has 4 heteroatoms. The standard InChI is InChI=1S/C23H28O4/c1-3-10-20-22(26-16-19-13-8-5-9-14-19)21(27-23(20)24-2)17-25-15-18-11-6-4-7-12-18/h3-9,11-14,20-23H,1,10,15-17H2,2H3/t20-,21-,22-,23+/m1/s1. The van der Waals surface area contributed by atoms with Crippen molar-refractivity contribution in [3.05, 3.63) is 84.4 Å². The summed E-state index contributed by atoms with van der Waals surface area (Å²) in [6.45, 7) is 5.42. The Hall–Kier alpha value is -1.98. The van der Waals surface area contributed by atoms with Crippen molar-refractivity contribution >= 4 is 0 Å². The van der Waals surface area contributed by atoms with Gasteiger partial charge in [0, 0.05) is 13.0 Å². The number of allylic oxidation sites excluding steroid dienone is 1. The summed E-state index contributed by atoms with van der Waals surface area (Å²) in [5.41, 5.74) is 2.28. The molecule has 0 bridgehead atoms. The van der Waals surface area contributed by atoms with Crippen LogP contribution in [0.25, 0.3) is 0 Å². The molecule has 0 spiro atoms. The number of hydrogen-bond acceptors (Lipinski definition) is 4. The molecule has 0 amide bonds. The molecule has 1 saturated heterocycles. The molecule has 4 nitrogen and oxygen atoms in total. The van der Waals surface area contributed by atoms with E-state index in [1.807, 2.05) is 42.5 Å². The lowest BCUT2D eigenvalue weighted by Crippen LogP contribution is -2.33. The van der Waals surface area contributed by atoms with Crippen molar-refractivity contribution in [2.75, 3.05) is 13.7 Å². The lowest BCUT2D eigenvalue weighted by atomic mass is 9.97. The van der Waals surface area contributed by atoms with Gasteiger partial charge < -0.3 is 18.9 Å². The monoisotopic (exact) mass is 368 g/mol. The molecule has 0 unspecified atom stereocenters. The van der Waals surface area contributed by atoms with Gasteiger partial charge in [0.05, 0.1) is 25.9 Å². The Morgan fingerprint density at radius 2 is 1.59 bits per heavy atom. The van der Waals surface area contributed by atoms with Crippen LogP contribution < -0.4 is 0 Å². The Kier molecular flexibility index (Phi) is 7.60. The molecule has 1 heterocycles. The predicted octanol–water partition coefficient (Wildman–Crippen LogP) is 4.35. The molecule has 0 radical (unpaired) electrons. The molecule has 1 fully saturated rings. The third-order valence-electron chi connectivity index (χ3n) is 4.80. The Balaban J connectivity index is 1.62. The van der Waals surface area contributed by atoms with Crippen LogP contribution in [0.15, 0.2) is 73.3 Å². The van der Waals surface area contributed by atoms with Crippen LogP contribution in [-0.2, 0) is 32.2 Å². The number of methoxy groups -OCH3 is 1. The van der Waals surface area contributed by atoms with Gasteiger partial charge >= 0.3 is 0 Å². The van der Waals surface area contributed by atoms with Crippen molar-refractivity contribution in [2.45, 2.75) is 38.1 Å². The second-order valence-corrected chi connectivity index (χ2v) is 6.73. The zero-order chi connectivity index (χ0) is 18.9. The highest BCUT2D eigenvalue weighted by Crippen LogP contribution is 2.33. The molecule has 0 aliphatic carbocycles. The molecule has 0 N–H and O–H groups in total. The third kappa shape index (κ3) is 5.50. The van der Waals surface area contributed by atoms with Gasteiger partial charge in [0.25, 0.3) is 0 Å². The van der Waals surface area contributed by atoms with E-state index >= 15 is 0 Å². The van der Waals surface area contributed by atoms with Gasteiger partial charge in [-0.2, -0.15) is 0 Å². The molecule has 144 valence electrons. The summed E-state index contributed by atoms with van der Waals surface area (Å²) in [5.74, 6) is 0.0986. The zero-order valence-electron chi connectivity index (χ0n) is 15.8. The third-order valence-corrected chi connectivity index (χ3v) is 4.80. The highest BCUT2D eigenvalue weighted by molar-refractivity contribution is 5.14. The molecule has 4 atom stereocenters. The van der Waals surface area contributed by atoms with E-state index in [1.165, 1.54) is 0 Å². The first-order chi connectivity index (χ1) is 13.3. The maximum atomic E-state index is 6.27. The van der Waals surface area contributed by atoms with Gasteiger partial charge in [-0.1, -0.05) is 66.7 Å². The van der Waals surface area contributed by atoms with Crippen molar-refractivity contribution < 1.29 is 18.9 Å². The minimum atomic E-state index is -0.311. The van der Waals surface area contributed by atoms with Gasteiger partial charge in [0.15, 0.2) is 6.29 Å². The molecule has 0 saturated carbocycles. The Labute approximate surface area is 161 Å². The lowest BCUT2D eigenvalue weighted by Gasteiger charge is -2.23. The van der Waals surface area contributed by atoms with E-state index < -0.39 is 0 Å². The fourth-order valence-corrected chi connectivity index (χ4v) is 3.45. The van der Waals surface area contributed by atoms with Crippen LogP contribution in [0, 0.1) is 5.92 Å². The summed E-state index contributed by atoms with van der Waals surface area (Å²) in [5, 5.41) is 0. The molecule has 0 aromatic heterocycles. The van der Waals surface area contributed by atoms with Crippen molar-refractivity contribution in [3.63, 3.8) is 0 Å². The van der Waals surface area contributed by atoms with E-state index in [9.17, 15) is 0 Å². The normalized spacial score (nSPS) is 24.8. The number of hydrogen-bond donors (Lipinski definition) is 0. The van der Waals surface area contributed by atoms with Crippen LogP contribution in [-0.4, -0.2) is 32.2 Å². The van der Waals surface area contributed by atoms with E-state index in [0.29, 0.717) is 19.8 Å².